The predicted molar refractivity (Wildman–Crippen MR) is 169 cm³/mol. The van der Waals surface area contributed by atoms with Crippen molar-refractivity contribution in [2.24, 2.45) is 5.92 Å². The highest BCUT2D eigenvalue weighted by molar-refractivity contribution is 5.94. The highest BCUT2D eigenvalue weighted by Gasteiger charge is 2.19. The number of aliphatic hydroxyl groups is 1. The van der Waals surface area contributed by atoms with Crippen LogP contribution in [0.2, 0.25) is 0 Å². The van der Waals surface area contributed by atoms with Gasteiger partial charge < -0.3 is 19.3 Å². The zero-order chi connectivity index (χ0) is 32.3. The van der Waals surface area contributed by atoms with Crippen molar-refractivity contribution in [2.75, 3.05) is 33.0 Å². The molecule has 0 aliphatic carbocycles. The van der Waals surface area contributed by atoms with E-state index in [4.69, 9.17) is 19.3 Å². The topological polar surface area (TPSA) is 82.1 Å². The third-order valence-corrected chi connectivity index (χ3v) is 7.50. The summed E-state index contributed by atoms with van der Waals surface area (Å²) in [7, 11) is 0. The normalized spacial score (nSPS) is 11.7. The minimum atomic E-state index is -0.861. The number of aliphatic hydroxyl groups excluding tert-OH is 1. The summed E-state index contributed by atoms with van der Waals surface area (Å²) in [6, 6.07) is 11.3. The van der Waals surface area contributed by atoms with Crippen LogP contribution in [-0.4, -0.2) is 49.9 Å². The highest BCUT2D eigenvalue weighted by atomic mass is 19.2. The fourth-order valence-electron chi connectivity index (χ4n) is 4.63. The van der Waals surface area contributed by atoms with Crippen molar-refractivity contribution < 1.29 is 37.7 Å². The van der Waals surface area contributed by atoms with Crippen molar-refractivity contribution in [3.63, 3.8) is 0 Å². The Morgan fingerprint density at radius 1 is 0.841 bits per heavy atom. The Morgan fingerprint density at radius 3 is 2.18 bits per heavy atom. The van der Waals surface area contributed by atoms with E-state index in [1.807, 2.05) is 24.3 Å². The van der Waals surface area contributed by atoms with Gasteiger partial charge in [-0.3, -0.25) is 4.79 Å². The van der Waals surface area contributed by atoms with Gasteiger partial charge in [-0.05, 0) is 86.1 Å². The molecule has 0 spiro atoms. The van der Waals surface area contributed by atoms with Crippen LogP contribution in [0.4, 0.5) is 8.78 Å². The van der Waals surface area contributed by atoms with Crippen molar-refractivity contribution >= 4 is 11.8 Å². The Hall–Kier alpha value is -3.36. The molecule has 0 fully saturated rings. The van der Waals surface area contributed by atoms with Gasteiger partial charge in [0.15, 0.2) is 17.4 Å². The molecule has 242 valence electrons. The number of unbranched alkanes of at least 4 members (excludes halogenated alkanes) is 2. The van der Waals surface area contributed by atoms with Crippen molar-refractivity contribution in [1.29, 1.82) is 0 Å². The first kappa shape index (κ1) is 36.8. The number of hydrogen-bond acceptors (Lipinski definition) is 6. The largest absolute Gasteiger partial charge is 0.494 e. The number of halogens is 2. The number of carbonyl (C=O) groups is 2. The second-order valence-corrected chi connectivity index (χ2v) is 11.0. The third-order valence-electron chi connectivity index (χ3n) is 7.50. The van der Waals surface area contributed by atoms with Crippen LogP contribution in [0, 0.1) is 17.6 Å². The molecule has 0 aliphatic heterocycles. The maximum atomic E-state index is 15.2. The molecule has 0 amide bonds. The maximum Gasteiger partial charge on any atom is 0.335 e. The second-order valence-electron chi connectivity index (χ2n) is 11.0. The first-order valence-corrected chi connectivity index (χ1v) is 15.6. The summed E-state index contributed by atoms with van der Waals surface area (Å²) >= 11 is 0. The van der Waals surface area contributed by atoms with Crippen molar-refractivity contribution in [3.8, 4) is 5.75 Å². The fourth-order valence-corrected chi connectivity index (χ4v) is 4.63. The summed E-state index contributed by atoms with van der Waals surface area (Å²) in [5.74, 6) is -1.80. The fraction of sp³-hybridized carbons (Fsp3) is 0.500. The van der Waals surface area contributed by atoms with E-state index in [1.54, 1.807) is 19.1 Å². The van der Waals surface area contributed by atoms with Crippen molar-refractivity contribution in [1.82, 2.24) is 0 Å². The molecule has 0 bridgehead atoms. The number of ketones is 1. The van der Waals surface area contributed by atoms with E-state index in [0.717, 1.165) is 37.9 Å². The highest BCUT2D eigenvalue weighted by Crippen LogP contribution is 2.24. The number of hydrogen-bond donors (Lipinski definition) is 1. The first-order valence-electron chi connectivity index (χ1n) is 15.6. The van der Waals surface area contributed by atoms with E-state index in [2.05, 4.69) is 20.1 Å². The first-order chi connectivity index (χ1) is 21.2. The maximum absolute atomic E-state index is 15.2. The van der Waals surface area contributed by atoms with Gasteiger partial charge in [0.05, 0.1) is 32.0 Å². The van der Waals surface area contributed by atoms with E-state index < -0.39 is 24.2 Å². The lowest BCUT2D eigenvalue weighted by Gasteiger charge is -2.19. The quantitative estimate of drug-likeness (QED) is 0.0804. The lowest BCUT2D eigenvalue weighted by atomic mass is 9.92. The van der Waals surface area contributed by atoms with E-state index in [1.165, 1.54) is 5.56 Å². The van der Waals surface area contributed by atoms with Crippen LogP contribution in [0.25, 0.3) is 0 Å². The molecule has 44 heavy (non-hydrogen) atoms. The molecule has 2 rings (SSSR count). The van der Waals surface area contributed by atoms with Gasteiger partial charge in [0.25, 0.3) is 0 Å². The van der Waals surface area contributed by atoms with Crippen LogP contribution in [0.5, 0.6) is 5.75 Å². The smallest absolute Gasteiger partial charge is 0.335 e. The Labute approximate surface area is 261 Å². The third kappa shape index (κ3) is 13.1. The molecule has 1 N–H and O–H groups in total. The molecule has 2 aromatic rings. The van der Waals surface area contributed by atoms with Gasteiger partial charge >= 0.3 is 5.97 Å². The number of esters is 1. The van der Waals surface area contributed by atoms with Crippen molar-refractivity contribution in [2.45, 2.75) is 78.1 Å². The van der Waals surface area contributed by atoms with Gasteiger partial charge in [-0.2, -0.15) is 0 Å². The molecular weight excluding hydrogens is 566 g/mol. The molecule has 2 aromatic carbocycles. The molecule has 0 saturated heterocycles. The molecule has 6 nitrogen and oxygen atoms in total. The molecule has 0 saturated carbocycles. The molecule has 1 unspecified atom stereocenters. The predicted octanol–water partition coefficient (Wildman–Crippen LogP) is 7.29. The van der Waals surface area contributed by atoms with Gasteiger partial charge in [-0.25, -0.2) is 13.6 Å². The molecule has 0 heterocycles. The van der Waals surface area contributed by atoms with Crippen LogP contribution >= 0.6 is 0 Å². The number of Topliss-reactive ketones (excluding diaryl/α,β-unsaturated/α-hetero) is 1. The van der Waals surface area contributed by atoms with Gasteiger partial charge in [0.1, 0.15) is 5.75 Å². The van der Waals surface area contributed by atoms with Gasteiger partial charge in [0, 0.05) is 18.6 Å². The molecule has 0 aliphatic rings. The zero-order valence-electron chi connectivity index (χ0n) is 26.3. The average Bonchev–Trinajstić information content (AvgIpc) is 3.03. The minimum absolute atomic E-state index is 0.0281. The minimum Gasteiger partial charge on any atom is -0.494 e. The van der Waals surface area contributed by atoms with E-state index in [-0.39, 0.29) is 49.1 Å². The van der Waals surface area contributed by atoms with Crippen LogP contribution in [0.15, 0.2) is 60.7 Å². The summed E-state index contributed by atoms with van der Waals surface area (Å²) < 4.78 is 46.7. The summed E-state index contributed by atoms with van der Waals surface area (Å²) in [5.41, 5.74) is 2.10. The number of rotatable bonds is 23. The van der Waals surface area contributed by atoms with Gasteiger partial charge in [0.2, 0.25) is 0 Å². The van der Waals surface area contributed by atoms with Gasteiger partial charge in [-0.1, -0.05) is 57.7 Å². The molecule has 0 radical (unpaired) electrons. The van der Waals surface area contributed by atoms with Crippen molar-refractivity contribution in [3.05, 3.63) is 89.0 Å². The van der Waals surface area contributed by atoms with Gasteiger partial charge in [-0.15, -0.1) is 0 Å². The molecular formula is C36H48F2O6. The van der Waals surface area contributed by atoms with E-state index in [0.29, 0.717) is 43.4 Å². The summed E-state index contributed by atoms with van der Waals surface area (Å²) in [5, 5.41) is 9.06. The Bertz CT molecular complexity index is 1210. The lowest BCUT2D eigenvalue weighted by Crippen LogP contribution is -2.17. The standard InChI is InChI=1S/C36H48F2O6/c1-5-7-20-43-32-16-12-28(13-17-32)10-8-9-11-30-14-15-31(35(38)34(30)37)23-29(19-22-44-36(41)26(3)24-39)18-21-42-25-27(4)33(40)6-2/h12-17,29,39H,3-11,18-25H2,1-2H3. The molecule has 8 heteroatoms. The molecule has 1 atom stereocenters. The summed E-state index contributed by atoms with van der Waals surface area (Å²) in [4.78, 5) is 23.6. The number of aryl methyl sites for hydroxylation is 2. The second kappa shape index (κ2) is 20.6. The monoisotopic (exact) mass is 614 g/mol. The van der Waals surface area contributed by atoms with E-state index in [9.17, 15) is 9.59 Å². The summed E-state index contributed by atoms with van der Waals surface area (Å²) in [6.45, 7) is 11.7. The zero-order valence-corrected chi connectivity index (χ0v) is 26.3. The van der Waals surface area contributed by atoms with Crippen LogP contribution < -0.4 is 4.74 Å². The Kier molecular flexibility index (Phi) is 17.2. The Morgan fingerprint density at radius 2 is 1.50 bits per heavy atom. The molecule has 0 aromatic heterocycles. The average molecular weight is 615 g/mol. The number of benzene rings is 2. The van der Waals surface area contributed by atoms with Crippen LogP contribution in [0.1, 0.15) is 75.5 Å². The lowest BCUT2D eigenvalue weighted by molar-refractivity contribution is -0.139. The number of carbonyl (C=O) groups excluding carboxylic acids is 2. The van der Waals surface area contributed by atoms with Crippen LogP contribution in [0.3, 0.4) is 0 Å². The van der Waals surface area contributed by atoms with Crippen LogP contribution in [-0.2, 0) is 38.3 Å². The van der Waals surface area contributed by atoms with E-state index >= 15 is 8.78 Å². The summed E-state index contributed by atoms with van der Waals surface area (Å²) in [6.07, 6.45) is 6.37. The Balaban J connectivity index is 1.92. The number of ether oxygens (including phenoxy) is 3. The SMILES string of the molecule is C=C(COCCC(CCOC(=O)C(=C)CO)Cc1ccc(CCCCc2ccc(OCCCC)cc2)c(F)c1F)C(=O)CC.